The summed E-state index contributed by atoms with van der Waals surface area (Å²) in [6.07, 6.45) is 5.82. The summed E-state index contributed by atoms with van der Waals surface area (Å²) < 4.78 is 1.84. The number of aromatic nitrogens is 3. The number of carbonyl (C=O) groups is 1. The van der Waals surface area contributed by atoms with Crippen molar-refractivity contribution in [1.29, 1.82) is 0 Å². The first kappa shape index (κ1) is 17.9. The molecule has 1 aromatic heterocycles. The minimum Gasteiger partial charge on any atom is -0.346 e. The summed E-state index contributed by atoms with van der Waals surface area (Å²) in [5.41, 5.74) is 0.206. The summed E-state index contributed by atoms with van der Waals surface area (Å²) >= 11 is 0. The Labute approximate surface area is 132 Å². The van der Waals surface area contributed by atoms with Gasteiger partial charge in [-0.1, -0.05) is 18.6 Å². The zero-order valence-electron chi connectivity index (χ0n) is 13.1. The number of piperidine rings is 1. The van der Waals surface area contributed by atoms with E-state index < -0.39 is 0 Å². The van der Waals surface area contributed by atoms with Crippen molar-refractivity contribution < 1.29 is 4.79 Å². The third-order valence-corrected chi connectivity index (χ3v) is 3.75. The van der Waals surface area contributed by atoms with Gasteiger partial charge in [0, 0.05) is 5.54 Å². The first-order valence-corrected chi connectivity index (χ1v) is 7.47. The lowest BCUT2D eigenvalue weighted by atomic mass is 9.99. The van der Waals surface area contributed by atoms with E-state index in [0.717, 1.165) is 38.8 Å². The number of amides is 1. The Bertz CT molecular complexity index is 454. The van der Waals surface area contributed by atoms with Gasteiger partial charge in [-0.2, -0.15) is 0 Å². The number of nitrogens with one attached hydrogen (secondary N) is 2. The summed E-state index contributed by atoms with van der Waals surface area (Å²) in [6.45, 7) is 8.17. The van der Waals surface area contributed by atoms with Gasteiger partial charge in [0.2, 0.25) is 0 Å². The highest BCUT2D eigenvalue weighted by molar-refractivity contribution is 5.92. The molecule has 7 heteroatoms. The van der Waals surface area contributed by atoms with Crippen LogP contribution in [-0.2, 0) is 0 Å². The van der Waals surface area contributed by atoms with Crippen molar-refractivity contribution in [3.63, 3.8) is 0 Å². The minimum absolute atomic E-state index is 0. The van der Waals surface area contributed by atoms with Gasteiger partial charge in [-0.15, -0.1) is 17.5 Å². The van der Waals surface area contributed by atoms with Crippen molar-refractivity contribution in [1.82, 2.24) is 25.6 Å². The van der Waals surface area contributed by atoms with E-state index >= 15 is 0 Å². The third kappa shape index (κ3) is 4.97. The molecule has 1 amide bonds. The maximum Gasteiger partial charge on any atom is 0.273 e. The second-order valence-electron chi connectivity index (χ2n) is 6.15. The van der Waals surface area contributed by atoms with Gasteiger partial charge in [-0.05, 0) is 46.2 Å². The second kappa shape index (κ2) is 7.75. The number of hydrogen-bond donors (Lipinski definition) is 2. The summed E-state index contributed by atoms with van der Waals surface area (Å²) in [5.74, 6) is -0.136. The number of carbonyl (C=O) groups excluding carboxylic acids is 1. The molecule has 0 bridgehead atoms. The normalized spacial score (nSPS) is 16.3. The lowest BCUT2D eigenvalue weighted by Gasteiger charge is -2.25. The van der Waals surface area contributed by atoms with Gasteiger partial charge in [0.05, 0.1) is 12.2 Å². The summed E-state index contributed by atoms with van der Waals surface area (Å²) in [6, 6.07) is 0.356. The molecule has 1 aliphatic heterocycles. The van der Waals surface area contributed by atoms with Crippen LogP contribution in [0, 0.1) is 0 Å². The highest BCUT2D eigenvalue weighted by atomic mass is 35.5. The molecule has 0 spiro atoms. The highest BCUT2D eigenvalue weighted by Gasteiger charge is 2.23. The van der Waals surface area contributed by atoms with Gasteiger partial charge in [0.15, 0.2) is 5.69 Å². The Hall–Kier alpha value is -1.14. The SMILES string of the molecule is CCCC(C)(C)NC(=O)c1cn(C2CCNCC2)nn1.Cl. The van der Waals surface area contributed by atoms with Crippen LogP contribution < -0.4 is 10.6 Å². The predicted molar refractivity (Wildman–Crippen MR) is 84.9 cm³/mol. The van der Waals surface area contributed by atoms with E-state index in [0.29, 0.717) is 11.7 Å². The molecule has 1 aliphatic rings. The number of rotatable bonds is 5. The number of halogens is 1. The predicted octanol–water partition coefficient (Wildman–Crippen LogP) is 1.93. The van der Waals surface area contributed by atoms with Crippen molar-refractivity contribution in [3.8, 4) is 0 Å². The van der Waals surface area contributed by atoms with Crippen molar-refractivity contribution in [2.45, 2.75) is 58.0 Å². The van der Waals surface area contributed by atoms with E-state index in [2.05, 4.69) is 27.9 Å². The molecule has 2 N–H and O–H groups in total. The second-order valence-corrected chi connectivity index (χ2v) is 6.15. The lowest BCUT2D eigenvalue weighted by Crippen LogP contribution is -2.43. The molecule has 0 aliphatic carbocycles. The van der Waals surface area contributed by atoms with Crippen molar-refractivity contribution in [3.05, 3.63) is 11.9 Å². The van der Waals surface area contributed by atoms with Crippen LogP contribution in [0.5, 0.6) is 0 Å². The van der Waals surface area contributed by atoms with Gasteiger partial charge in [0.1, 0.15) is 0 Å². The Morgan fingerprint density at radius 1 is 1.48 bits per heavy atom. The number of hydrogen-bond acceptors (Lipinski definition) is 4. The largest absolute Gasteiger partial charge is 0.346 e. The summed E-state index contributed by atoms with van der Waals surface area (Å²) in [5, 5.41) is 14.5. The molecule has 6 nitrogen and oxygen atoms in total. The molecule has 0 radical (unpaired) electrons. The van der Waals surface area contributed by atoms with Gasteiger partial charge in [-0.25, -0.2) is 4.68 Å². The zero-order chi connectivity index (χ0) is 14.6. The smallest absolute Gasteiger partial charge is 0.273 e. The summed E-state index contributed by atoms with van der Waals surface area (Å²) in [7, 11) is 0. The van der Waals surface area contributed by atoms with Gasteiger partial charge >= 0.3 is 0 Å². The van der Waals surface area contributed by atoms with E-state index in [1.165, 1.54) is 0 Å². The zero-order valence-corrected chi connectivity index (χ0v) is 13.9. The average Bonchev–Trinajstić information content (AvgIpc) is 2.88. The Balaban J connectivity index is 0.00000220. The molecule has 1 saturated heterocycles. The van der Waals surface area contributed by atoms with Crippen LogP contribution in [0.25, 0.3) is 0 Å². The Kier molecular flexibility index (Phi) is 6.61. The van der Waals surface area contributed by atoms with Crippen LogP contribution in [0.1, 0.15) is 63.0 Å². The van der Waals surface area contributed by atoms with E-state index in [9.17, 15) is 4.79 Å². The molecule has 120 valence electrons. The average molecular weight is 316 g/mol. The first-order valence-electron chi connectivity index (χ1n) is 7.47. The Morgan fingerprint density at radius 2 is 2.14 bits per heavy atom. The fraction of sp³-hybridized carbons (Fsp3) is 0.786. The Morgan fingerprint density at radius 3 is 2.76 bits per heavy atom. The van der Waals surface area contributed by atoms with Crippen LogP contribution in [0.15, 0.2) is 6.20 Å². The van der Waals surface area contributed by atoms with E-state index in [4.69, 9.17) is 0 Å². The molecule has 0 atom stereocenters. The highest BCUT2D eigenvalue weighted by Crippen LogP contribution is 2.17. The molecule has 1 aromatic rings. The quantitative estimate of drug-likeness (QED) is 0.871. The van der Waals surface area contributed by atoms with Crippen LogP contribution in [0.2, 0.25) is 0 Å². The molecule has 0 aromatic carbocycles. The van der Waals surface area contributed by atoms with Crippen LogP contribution in [0.4, 0.5) is 0 Å². The maximum absolute atomic E-state index is 12.2. The minimum atomic E-state index is -0.204. The van der Waals surface area contributed by atoms with Crippen molar-refractivity contribution in [2.24, 2.45) is 0 Å². The van der Waals surface area contributed by atoms with Crippen LogP contribution >= 0.6 is 12.4 Å². The fourth-order valence-electron chi connectivity index (χ4n) is 2.69. The van der Waals surface area contributed by atoms with E-state index in [1.807, 2.05) is 18.5 Å². The van der Waals surface area contributed by atoms with Gasteiger partial charge in [-0.3, -0.25) is 4.79 Å². The van der Waals surface area contributed by atoms with E-state index in [1.54, 1.807) is 6.20 Å². The van der Waals surface area contributed by atoms with Crippen molar-refractivity contribution >= 4 is 18.3 Å². The standard InChI is InChI=1S/C14H25N5O.ClH/c1-4-7-14(2,3)16-13(20)12-10-19(18-17-12)11-5-8-15-9-6-11;/h10-11,15H,4-9H2,1-3H3,(H,16,20);1H. The third-order valence-electron chi connectivity index (χ3n) is 3.75. The molecule has 0 unspecified atom stereocenters. The molecule has 0 saturated carbocycles. The van der Waals surface area contributed by atoms with E-state index in [-0.39, 0.29) is 23.9 Å². The topological polar surface area (TPSA) is 71.8 Å². The molecule has 2 heterocycles. The molecule has 21 heavy (non-hydrogen) atoms. The van der Waals surface area contributed by atoms with Gasteiger partial charge < -0.3 is 10.6 Å². The monoisotopic (exact) mass is 315 g/mol. The fourth-order valence-corrected chi connectivity index (χ4v) is 2.69. The lowest BCUT2D eigenvalue weighted by molar-refractivity contribution is 0.0903. The summed E-state index contributed by atoms with van der Waals surface area (Å²) in [4.78, 5) is 12.2. The van der Waals surface area contributed by atoms with Crippen LogP contribution in [0.3, 0.4) is 0 Å². The molecule has 2 rings (SSSR count). The van der Waals surface area contributed by atoms with Gasteiger partial charge in [0.25, 0.3) is 5.91 Å². The molecular formula is C14H26ClN5O. The maximum atomic E-state index is 12.2. The first-order chi connectivity index (χ1) is 9.52. The molecular weight excluding hydrogens is 290 g/mol. The molecule has 1 fully saturated rings. The number of nitrogens with zero attached hydrogens (tertiary/aromatic N) is 3. The van der Waals surface area contributed by atoms with Crippen molar-refractivity contribution in [2.75, 3.05) is 13.1 Å². The van der Waals surface area contributed by atoms with Crippen LogP contribution in [-0.4, -0.2) is 39.5 Å².